The van der Waals surface area contributed by atoms with Gasteiger partial charge in [-0.25, -0.2) is 0 Å². The first-order valence-electron chi connectivity index (χ1n) is 6.02. The second-order valence-electron chi connectivity index (χ2n) is 4.38. The van der Waals surface area contributed by atoms with Gasteiger partial charge in [-0.05, 0) is 19.1 Å². The predicted molar refractivity (Wildman–Crippen MR) is 76.6 cm³/mol. The van der Waals surface area contributed by atoms with E-state index in [1.807, 2.05) is 24.3 Å². The number of carbonyl (C=O) groups is 1. The minimum absolute atomic E-state index is 0.144. The highest BCUT2D eigenvalue weighted by atomic mass is 32.2. The topological polar surface area (TPSA) is 75.0 Å². The van der Waals surface area contributed by atoms with Crippen LogP contribution in [0.15, 0.2) is 29.2 Å². The molecular formula is C13H14N4OS. The van der Waals surface area contributed by atoms with Crippen LogP contribution in [0.1, 0.15) is 16.2 Å². The molecule has 0 aliphatic carbocycles. The standard InChI is InChI=1S/C13H14N4OS/c1-8-11(14)12(16-15-8)13(18)17-6-7-19-10-5-3-2-4-9(10)17/h2-5H,6-7,14H2,1H3,(H,15,16). The summed E-state index contributed by atoms with van der Waals surface area (Å²) in [5.74, 6) is 0.737. The lowest BCUT2D eigenvalue weighted by molar-refractivity contribution is 0.0983. The number of hydrogen-bond donors (Lipinski definition) is 2. The summed E-state index contributed by atoms with van der Waals surface area (Å²) >= 11 is 1.76. The number of para-hydroxylation sites is 1. The first kappa shape index (κ1) is 12.1. The fourth-order valence-electron chi connectivity index (χ4n) is 2.11. The summed E-state index contributed by atoms with van der Waals surface area (Å²) in [5, 5.41) is 6.77. The zero-order valence-electron chi connectivity index (χ0n) is 10.5. The van der Waals surface area contributed by atoms with Crippen molar-refractivity contribution >= 4 is 29.0 Å². The fraction of sp³-hybridized carbons (Fsp3) is 0.231. The van der Waals surface area contributed by atoms with Crippen molar-refractivity contribution in [2.75, 3.05) is 22.9 Å². The molecule has 5 nitrogen and oxygen atoms in total. The summed E-state index contributed by atoms with van der Waals surface area (Å²) in [4.78, 5) is 15.4. The van der Waals surface area contributed by atoms with Gasteiger partial charge in [0.2, 0.25) is 0 Å². The average molecular weight is 274 g/mol. The van der Waals surface area contributed by atoms with Gasteiger partial charge in [0.1, 0.15) is 0 Å². The van der Waals surface area contributed by atoms with Gasteiger partial charge in [-0.15, -0.1) is 11.8 Å². The molecule has 1 aromatic carbocycles. The molecule has 2 heterocycles. The number of H-pyrrole nitrogens is 1. The number of nitrogens with two attached hydrogens (primary N) is 1. The van der Waals surface area contributed by atoms with Crippen molar-refractivity contribution in [3.63, 3.8) is 0 Å². The van der Waals surface area contributed by atoms with E-state index in [2.05, 4.69) is 10.2 Å². The Morgan fingerprint density at radius 2 is 2.26 bits per heavy atom. The highest BCUT2D eigenvalue weighted by Crippen LogP contribution is 2.35. The molecule has 0 bridgehead atoms. The lowest BCUT2D eigenvalue weighted by Gasteiger charge is -2.28. The van der Waals surface area contributed by atoms with Gasteiger partial charge in [0.05, 0.1) is 17.1 Å². The number of aryl methyl sites for hydroxylation is 1. The van der Waals surface area contributed by atoms with Crippen molar-refractivity contribution in [3.8, 4) is 0 Å². The second kappa shape index (κ2) is 4.62. The fourth-order valence-corrected chi connectivity index (χ4v) is 3.10. The molecule has 1 aliphatic heterocycles. The number of thioether (sulfide) groups is 1. The zero-order chi connectivity index (χ0) is 13.4. The zero-order valence-corrected chi connectivity index (χ0v) is 11.3. The van der Waals surface area contributed by atoms with E-state index in [0.717, 1.165) is 22.0 Å². The number of amides is 1. The number of rotatable bonds is 1. The molecule has 1 aromatic heterocycles. The molecule has 0 atom stereocenters. The Balaban J connectivity index is 2.00. The highest BCUT2D eigenvalue weighted by molar-refractivity contribution is 7.99. The number of benzene rings is 1. The van der Waals surface area contributed by atoms with Gasteiger partial charge in [-0.1, -0.05) is 12.1 Å². The van der Waals surface area contributed by atoms with Crippen LogP contribution in [-0.4, -0.2) is 28.4 Å². The number of aromatic amines is 1. The third-order valence-electron chi connectivity index (χ3n) is 3.17. The molecule has 6 heteroatoms. The van der Waals surface area contributed by atoms with Crippen molar-refractivity contribution in [3.05, 3.63) is 35.7 Å². The Morgan fingerprint density at radius 1 is 1.47 bits per heavy atom. The van der Waals surface area contributed by atoms with Crippen molar-refractivity contribution in [1.29, 1.82) is 0 Å². The maximum absolute atomic E-state index is 12.6. The van der Waals surface area contributed by atoms with E-state index in [0.29, 0.717) is 17.9 Å². The van der Waals surface area contributed by atoms with Gasteiger partial charge in [0, 0.05) is 17.2 Å². The lowest BCUT2D eigenvalue weighted by Crippen LogP contribution is -2.36. The predicted octanol–water partition coefficient (Wildman–Crippen LogP) is 2.05. The summed E-state index contributed by atoms with van der Waals surface area (Å²) in [6.45, 7) is 2.48. The average Bonchev–Trinajstić information content (AvgIpc) is 2.78. The molecule has 1 aliphatic rings. The Bertz CT molecular complexity index is 637. The van der Waals surface area contributed by atoms with Crippen LogP contribution in [0.2, 0.25) is 0 Å². The summed E-state index contributed by atoms with van der Waals surface area (Å²) in [6.07, 6.45) is 0. The van der Waals surface area contributed by atoms with Crippen LogP contribution in [0.5, 0.6) is 0 Å². The minimum atomic E-state index is -0.144. The molecule has 0 radical (unpaired) electrons. The summed E-state index contributed by atoms with van der Waals surface area (Å²) < 4.78 is 0. The van der Waals surface area contributed by atoms with Crippen LogP contribution in [-0.2, 0) is 0 Å². The van der Waals surface area contributed by atoms with Crippen molar-refractivity contribution in [2.45, 2.75) is 11.8 Å². The Morgan fingerprint density at radius 3 is 3.00 bits per heavy atom. The summed E-state index contributed by atoms with van der Waals surface area (Å²) in [5.41, 5.74) is 8.28. The number of nitrogen functional groups attached to an aromatic ring is 1. The number of fused-ring (bicyclic) bond motifs is 1. The maximum Gasteiger partial charge on any atom is 0.280 e. The largest absolute Gasteiger partial charge is 0.395 e. The highest BCUT2D eigenvalue weighted by Gasteiger charge is 2.27. The SMILES string of the molecule is Cc1[nH]nc(C(=O)N2CCSc3ccccc32)c1N. The van der Waals surface area contributed by atoms with Gasteiger partial charge >= 0.3 is 0 Å². The van der Waals surface area contributed by atoms with Crippen LogP contribution in [0.25, 0.3) is 0 Å². The van der Waals surface area contributed by atoms with Crippen molar-refractivity contribution in [1.82, 2.24) is 10.2 Å². The first-order valence-corrected chi connectivity index (χ1v) is 7.01. The van der Waals surface area contributed by atoms with Gasteiger partial charge in [-0.3, -0.25) is 9.89 Å². The van der Waals surface area contributed by atoms with Crippen LogP contribution in [0.3, 0.4) is 0 Å². The molecule has 0 saturated carbocycles. The van der Waals surface area contributed by atoms with E-state index in [-0.39, 0.29) is 5.91 Å². The molecule has 0 fully saturated rings. The lowest BCUT2D eigenvalue weighted by atomic mass is 10.2. The molecule has 3 rings (SSSR count). The maximum atomic E-state index is 12.6. The van der Waals surface area contributed by atoms with E-state index in [9.17, 15) is 4.79 Å². The molecule has 98 valence electrons. The normalized spacial score (nSPS) is 14.3. The van der Waals surface area contributed by atoms with Crippen LogP contribution in [0.4, 0.5) is 11.4 Å². The van der Waals surface area contributed by atoms with Gasteiger partial charge < -0.3 is 10.6 Å². The third-order valence-corrected chi connectivity index (χ3v) is 4.21. The second-order valence-corrected chi connectivity index (χ2v) is 5.52. The molecular weight excluding hydrogens is 260 g/mol. The molecule has 3 N–H and O–H groups in total. The van der Waals surface area contributed by atoms with E-state index < -0.39 is 0 Å². The van der Waals surface area contributed by atoms with E-state index in [1.165, 1.54) is 0 Å². The van der Waals surface area contributed by atoms with Crippen LogP contribution < -0.4 is 10.6 Å². The number of hydrogen-bond acceptors (Lipinski definition) is 4. The van der Waals surface area contributed by atoms with Crippen LogP contribution in [0, 0.1) is 6.92 Å². The van der Waals surface area contributed by atoms with E-state index in [1.54, 1.807) is 23.6 Å². The molecule has 19 heavy (non-hydrogen) atoms. The smallest absolute Gasteiger partial charge is 0.280 e. The Labute approximate surface area is 115 Å². The van der Waals surface area contributed by atoms with E-state index in [4.69, 9.17) is 5.73 Å². The molecule has 2 aromatic rings. The monoisotopic (exact) mass is 274 g/mol. The number of nitrogens with zero attached hydrogens (tertiary/aromatic N) is 2. The number of aromatic nitrogens is 2. The van der Waals surface area contributed by atoms with Crippen LogP contribution >= 0.6 is 11.8 Å². The van der Waals surface area contributed by atoms with Gasteiger partial charge in [-0.2, -0.15) is 5.10 Å². The minimum Gasteiger partial charge on any atom is -0.395 e. The Kier molecular flexibility index (Phi) is 2.94. The molecule has 1 amide bonds. The summed E-state index contributed by atoms with van der Waals surface area (Å²) in [6, 6.07) is 7.89. The third kappa shape index (κ3) is 1.98. The van der Waals surface area contributed by atoms with Crippen molar-refractivity contribution < 1.29 is 4.79 Å². The van der Waals surface area contributed by atoms with Gasteiger partial charge in [0.15, 0.2) is 5.69 Å². The number of carbonyl (C=O) groups excluding carboxylic acids is 1. The summed E-state index contributed by atoms with van der Waals surface area (Å²) in [7, 11) is 0. The molecule has 0 unspecified atom stereocenters. The quantitative estimate of drug-likeness (QED) is 0.834. The first-order chi connectivity index (χ1) is 9.18. The van der Waals surface area contributed by atoms with Crippen molar-refractivity contribution in [2.24, 2.45) is 0 Å². The molecule has 0 spiro atoms. The number of anilines is 2. The Hall–Kier alpha value is -1.95. The molecule has 0 saturated heterocycles. The van der Waals surface area contributed by atoms with Gasteiger partial charge in [0.25, 0.3) is 5.91 Å². The number of nitrogens with one attached hydrogen (secondary N) is 1. The van der Waals surface area contributed by atoms with E-state index >= 15 is 0 Å².